The Morgan fingerprint density at radius 2 is 1.83 bits per heavy atom. The van der Waals surface area contributed by atoms with Crippen LogP contribution in [0.15, 0.2) is 81.1 Å². The number of halogens is 2. The lowest BCUT2D eigenvalue weighted by Crippen LogP contribution is -2.19. The van der Waals surface area contributed by atoms with Crippen LogP contribution in [0.3, 0.4) is 0 Å². The Morgan fingerprint density at radius 1 is 1.11 bits per heavy atom. The number of rotatable bonds is 8. The van der Waals surface area contributed by atoms with Crippen LogP contribution in [0.4, 0.5) is 10.1 Å². The molecule has 0 aliphatic carbocycles. The number of sulfonamides is 1. The molecule has 4 rings (SSSR count). The van der Waals surface area contributed by atoms with E-state index in [0.29, 0.717) is 30.1 Å². The van der Waals surface area contributed by atoms with Crippen molar-refractivity contribution in [3.8, 4) is 0 Å². The van der Waals surface area contributed by atoms with Gasteiger partial charge in [0.05, 0.1) is 21.7 Å². The number of aromatic nitrogens is 1. The minimum absolute atomic E-state index is 0.0675. The molecule has 0 fully saturated rings. The molecule has 182 valence electrons. The lowest BCUT2D eigenvalue weighted by molar-refractivity contribution is 0.0996. The van der Waals surface area contributed by atoms with Crippen molar-refractivity contribution in [2.24, 2.45) is 4.99 Å². The normalized spacial score (nSPS) is 12.3. The molecule has 1 heterocycles. The molecule has 1 amide bonds. The number of thiazole rings is 1. The first kappa shape index (κ1) is 25.2. The van der Waals surface area contributed by atoms with E-state index in [1.54, 1.807) is 0 Å². The van der Waals surface area contributed by atoms with Crippen molar-refractivity contribution in [3.05, 3.63) is 87.4 Å². The Bertz CT molecular complexity index is 1530. The molecule has 0 aliphatic heterocycles. The molecule has 1 N–H and O–H groups in total. The van der Waals surface area contributed by atoms with Gasteiger partial charge in [-0.15, -0.1) is 0 Å². The van der Waals surface area contributed by atoms with E-state index in [4.69, 9.17) is 4.74 Å². The average molecular weight is 578 g/mol. The van der Waals surface area contributed by atoms with Crippen molar-refractivity contribution in [2.45, 2.75) is 18.4 Å². The van der Waals surface area contributed by atoms with E-state index in [1.807, 2.05) is 29.7 Å². The van der Waals surface area contributed by atoms with Gasteiger partial charge in [-0.25, -0.2) is 12.8 Å². The van der Waals surface area contributed by atoms with Crippen LogP contribution in [0.5, 0.6) is 0 Å². The Labute approximate surface area is 214 Å². The molecule has 0 saturated heterocycles. The fraction of sp³-hybridized carbons (Fsp3) is 0.167. The molecule has 3 aromatic carbocycles. The molecule has 0 bridgehead atoms. The number of amides is 1. The largest absolute Gasteiger partial charge is 0.380 e. The van der Waals surface area contributed by atoms with E-state index < -0.39 is 21.7 Å². The molecule has 0 aliphatic rings. The van der Waals surface area contributed by atoms with E-state index in [9.17, 15) is 17.6 Å². The van der Waals surface area contributed by atoms with Crippen molar-refractivity contribution < 1.29 is 22.3 Å². The molecule has 0 atom stereocenters. The summed E-state index contributed by atoms with van der Waals surface area (Å²) in [6.07, 6.45) is 0. The van der Waals surface area contributed by atoms with Gasteiger partial charge in [-0.2, -0.15) is 4.99 Å². The van der Waals surface area contributed by atoms with Gasteiger partial charge in [0.1, 0.15) is 5.82 Å². The fourth-order valence-electron chi connectivity index (χ4n) is 3.31. The number of ether oxygens (including phenoxy) is 1. The van der Waals surface area contributed by atoms with Crippen LogP contribution >= 0.6 is 27.3 Å². The number of hydrogen-bond donors (Lipinski definition) is 1. The number of carbonyl (C=O) groups excluding carboxylic acids is 1. The molecule has 0 radical (unpaired) electrons. The summed E-state index contributed by atoms with van der Waals surface area (Å²) < 4.78 is 49.8. The Morgan fingerprint density at radius 3 is 2.51 bits per heavy atom. The molecule has 35 heavy (non-hydrogen) atoms. The van der Waals surface area contributed by atoms with E-state index >= 15 is 0 Å². The van der Waals surface area contributed by atoms with E-state index in [2.05, 4.69) is 25.6 Å². The third kappa shape index (κ3) is 6.04. The van der Waals surface area contributed by atoms with Gasteiger partial charge in [0, 0.05) is 28.9 Å². The van der Waals surface area contributed by atoms with Gasteiger partial charge in [0.15, 0.2) is 4.80 Å². The topological polar surface area (TPSA) is 89.8 Å². The van der Waals surface area contributed by atoms with Gasteiger partial charge < -0.3 is 9.30 Å². The fourth-order valence-corrected chi connectivity index (χ4v) is 5.97. The van der Waals surface area contributed by atoms with Gasteiger partial charge in [-0.1, -0.05) is 27.3 Å². The van der Waals surface area contributed by atoms with Crippen molar-refractivity contribution in [1.29, 1.82) is 0 Å². The molecule has 4 aromatic rings. The Balaban J connectivity index is 1.58. The first-order chi connectivity index (χ1) is 16.8. The van der Waals surface area contributed by atoms with Crippen LogP contribution in [-0.4, -0.2) is 32.1 Å². The highest BCUT2D eigenvalue weighted by molar-refractivity contribution is 9.10. The molecule has 11 heteroatoms. The van der Waals surface area contributed by atoms with Gasteiger partial charge in [0.2, 0.25) is 0 Å². The predicted octanol–water partition coefficient (Wildman–Crippen LogP) is 5.18. The average Bonchev–Trinajstić information content (AvgIpc) is 3.15. The lowest BCUT2D eigenvalue weighted by Gasteiger charge is -2.08. The van der Waals surface area contributed by atoms with Crippen molar-refractivity contribution >= 4 is 59.1 Å². The minimum atomic E-state index is -3.89. The maximum absolute atomic E-state index is 13.1. The molecule has 0 spiro atoms. The summed E-state index contributed by atoms with van der Waals surface area (Å²) >= 11 is 4.87. The summed E-state index contributed by atoms with van der Waals surface area (Å²) in [6, 6.07) is 16.4. The maximum Gasteiger partial charge on any atom is 0.279 e. The standard InChI is InChI=1S/C24H21BrFN3O4S2/c1-2-33-14-13-29-21-12-5-17(25)15-22(21)34-24(29)27-23(30)16-3-8-19(9-4-16)28-35(31,32)20-10-6-18(26)7-11-20/h3-12,15,28H,2,13-14H2,1H3. The Kier molecular flexibility index (Phi) is 7.80. The molecular formula is C24H21BrFN3O4S2. The van der Waals surface area contributed by atoms with E-state index in [-0.39, 0.29) is 10.6 Å². The van der Waals surface area contributed by atoms with E-state index in [0.717, 1.165) is 26.8 Å². The molecule has 7 nitrogen and oxygen atoms in total. The van der Waals surface area contributed by atoms with Gasteiger partial charge in [-0.3, -0.25) is 9.52 Å². The van der Waals surface area contributed by atoms with E-state index in [1.165, 1.54) is 47.7 Å². The van der Waals surface area contributed by atoms with Crippen molar-refractivity contribution in [3.63, 3.8) is 0 Å². The minimum Gasteiger partial charge on any atom is -0.380 e. The highest BCUT2D eigenvalue weighted by Gasteiger charge is 2.15. The number of anilines is 1. The zero-order valence-corrected chi connectivity index (χ0v) is 21.8. The second kappa shape index (κ2) is 10.8. The zero-order chi connectivity index (χ0) is 25.0. The van der Waals surface area contributed by atoms with Crippen molar-refractivity contribution in [2.75, 3.05) is 17.9 Å². The molecule has 1 aromatic heterocycles. The number of benzene rings is 3. The Hall–Kier alpha value is -2.86. The summed E-state index contributed by atoms with van der Waals surface area (Å²) in [5.74, 6) is -0.977. The number of fused-ring (bicyclic) bond motifs is 1. The van der Waals surface area contributed by atoms with Gasteiger partial charge in [0.25, 0.3) is 15.9 Å². The summed E-state index contributed by atoms with van der Waals surface area (Å²) in [4.78, 5) is 17.7. The van der Waals surface area contributed by atoms with Crippen LogP contribution in [0.1, 0.15) is 17.3 Å². The first-order valence-electron chi connectivity index (χ1n) is 10.6. The monoisotopic (exact) mass is 577 g/mol. The van der Waals surface area contributed by atoms with Crippen LogP contribution in [0.25, 0.3) is 10.2 Å². The second-order valence-corrected chi connectivity index (χ2v) is 11.0. The summed E-state index contributed by atoms with van der Waals surface area (Å²) in [7, 11) is -3.89. The van der Waals surface area contributed by atoms with Crippen LogP contribution < -0.4 is 9.52 Å². The number of nitrogens with one attached hydrogen (secondary N) is 1. The SMILES string of the molecule is CCOCCn1c(=NC(=O)c2ccc(NS(=O)(=O)c3ccc(F)cc3)cc2)sc2cc(Br)ccc21. The van der Waals surface area contributed by atoms with Gasteiger partial charge >= 0.3 is 0 Å². The van der Waals surface area contributed by atoms with Crippen LogP contribution in [0.2, 0.25) is 0 Å². The molecule has 0 saturated carbocycles. The highest BCUT2D eigenvalue weighted by atomic mass is 79.9. The smallest absolute Gasteiger partial charge is 0.279 e. The van der Waals surface area contributed by atoms with Gasteiger partial charge in [-0.05, 0) is 73.7 Å². The van der Waals surface area contributed by atoms with Crippen LogP contribution in [0, 0.1) is 5.82 Å². The zero-order valence-electron chi connectivity index (χ0n) is 18.6. The number of hydrogen-bond acceptors (Lipinski definition) is 5. The third-order valence-electron chi connectivity index (χ3n) is 5.01. The third-order valence-corrected chi connectivity index (χ3v) is 7.94. The second-order valence-electron chi connectivity index (χ2n) is 7.40. The maximum atomic E-state index is 13.1. The summed E-state index contributed by atoms with van der Waals surface area (Å²) in [5, 5.41) is 0. The number of nitrogens with zero attached hydrogens (tertiary/aromatic N) is 2. The quantitative estimate of drug-likeness (QED) is 0.292. The highest BCUT2D eigenvalue weighted by Crippen LogP contribution is 2.23. The molecular weight excluding hydrogens is 557 g/mol. The van der Waals surface area contributed by atoms with Crippen molar-refractivity contribution in [1.82, 2.24) is 4.57 Å². The first-order valence-corrected chi connectivity index (χ1v) is 13.7. The lowest BCUT2D eigenvalue weighted by atomic mass is 10.2. The number of carbonyl (C=O) groups is 1. The summed E-state index contributed by atoms with van der Waals surface area (Å²) in [6.45, 7) is 3.55. The summed E-state index contributed by atoms with van der Waals surface area (Å²) in [5.41, 5.74) is 1.53. The molecule has 0 unspecified atom stereocenters. The van der Waals surface area contributed by atoms with Crippen LogP contribution in [-0.2, 0) is 21.3 Å². The predicted molar refractivity (Wildman–Crippen MR) is 138 cm³/mol.